The zero-order chi connectivity index (χ0) is 18.9. The van der Waals surface area contributed by atoms with E-state index in [2.05, 4.69) is 29.2 Å². The number of nitrogens with zero attached hydrogens (tertiary/aromatic N) is 2. The number of hydrogen-bond acceptors (Lipinski definition) is 4. The summed E-state index contributed by atoms with van der Waals surface area (Å²) in [7, 11) is 0. The Hall–Kier alpha value is -2.24. The van der Waals surface area contributed by atoms with Gasteiger partial charge in [-0.15, -0.1) is 11.3 Å². The van der Waals surface area contributed by atoms with E-state index < -0.39 is 0 Å². The lowest BCUT2D eigenvalue weighted by molar-refractivity contribution is -0.132. The van der Waals surface area contributed by atoms with Crippen LogP contribution in [-0.4, -0.2) is 54.2 Å². The Bertz CT molecular complexity index is 748. The van der Waals surface area contributed by atoms with Gasteiger partial charge in [0.1, 0.15) is 0 Å². The zero-order valence-electron chi connectivity index (χ0n) is 15.5. The van der Waals surface area contributed by atoms with Gasteiger partial charge in [-0.25, -0.2) is 0 Å². The van der Waals surface area contributed by atoms with E-state index in [4.69, 9.17) is 0 Å². The Kier molecular flexibility index (Phi) is 7.36. The van der Waals surface area contributed by atoms with Crippen LogP contribution in [0.1, 0.15) is 34.5 Å². The van der Waals surface area contributed by atoms with Crippen LogP contribution in [0.25, 0.3) is 6.08 Å². The van der Waals surface area contributed by atoms with Crippen LogP contribution in [0.4, 0.5) is 0 Å². The van der Waals surface area contributed by atoms with Crippen LogP contribution in [0.2, 0.25) is 0 Å². The van der Waals surface area contributed by atoms with E-state index >= 15 is 0 Å². The van der Waals surface area contributed by atoms with Crippen molar-refractivity contribution in [2.75, 3.05) is 32.7 Å². The fraction of sp³-hybridized carbons (Fsp3) is 0.364. The van der Waals surface area contributed by atoms with E-state index in [1.54, 1.807) is 0 Å². The highest BCUT2D eigenvalue weighted by molar-refractivity contribution is 7.12. The highest BCUT2D eigenvalue weighted by Gasteiger charge is 2.20. The van der Waals surface area contributed by atoms with Gasteiger partial charge in [-0.05, 0) is 23.4 Å². The van der Waals surface area contributed by atoms with Gasteiger partial charge in [0.25, 0.3) is 0 Å². The second-order valence-corrected chi connectivity index (χ2v) is 7.70. The number of thiophene rings is 1. The lowest BCUT2D eigenvalue weighted by Gasteiger charge is -2.34. The third kappa shape index (κ3) is 6.15. The van der Waals surface area contributed by atoms with Gasteiger partial charge in [0.05, 0.1) is 4.88 Å². The van der Waals surface area contributed by atoms with Crippen molar-refractivity contribution in [2.45, 2.75) is 19.3 Å². The highest BCUT2D eigenvalue weighted by Crippen LogP contribution is 2.14. The summed E-state index contributed by atoms with van der Waals surface area (Å²) in [6, 6.07) is 14.0. The first-order valence-corrected chi connectivity index (χ1v) is 10.4. The molecular formula is C22H26N2O2S. The molecule has 0 N–H and O–H groups in total. The molecule has 0 unspecified atom stereocenters. The molecule has 0 aliphatic carbocycles. The average Bonchev–Trinajstić information content (AvgIpc) is 3.24. The van der Waals surface area contributed by atoms with Crippen molar-refractivity contribution in [1.29, 1.82) is 0 Å². The van der Waals surface area contributed by atoms with Crippen molar-refractivity contribution in [3.8, 4) is 0 Å². The molecule has 1 aromatic heterocycles. The highest BCUT2D eigenvalue weighted by atomic mass is 32.1. The third-order valence-electron chi connectivity index (χ3n) is 4.79. The predicted octanol–water partition coefficient (Wildman–Crippen LogP) is 3.96. The van der Waals surface area contributed by atoms with Crippen LogP contribution in [0, 0.1) is 0 Å². The normalized spacial score (nSPS) is 15.3. The summed E-state index contributed by atoms with van der Waals surface area (Å²) >= 11 is 1.47. The van der Waals surface area contributed by atoms with E-state index in [1.807, 2.05) is 40.6 Å². The maximum absolute atomic E-state index is 12.4. The summed E-state index contributed by atoms with van der Waals surface area (Å²) in [5.74, 6) is 0.321. The molecular weight excluding hydrogens is 356 g/mol. The van der Waals surface area contributed by atoms with Crippen LogP contribution in [-0.2, 0) is 4.79 Å². The fourth-order valence-electron chi connectivity index (χ4n) is 3.20. The summed E-state index contributed by atoms with van der Waals surface area (Å²) in [6.45, 7) is 4.26. The molecule has 1 amide bonds. The van der Waals surface area contributed by atoms with Crippen molar-refractivity contribution in [2.24, 2.45) is 0 Å². The number of hydrogen-bond donors (Lipinski definition) is 0. The van der Waals surface area contributed by atoms with E-state index in [0.717, 1.165) is 37.6 Å². The number of ketones is 1. The first-order chi connectivity index (χ1) is 13.2. The zero-order valence-corrected chi connectivity index (χ0v) is 16.4. The monoisotopic (exact) mass is 382 g/mol. The van der Waals surface area contributed by atoms with Gasteiger partial charge in [0.15, 0.2) is 5.78 Å². The SMILES string of the molecule is O=C(CCCC(=O)N1CCN(C/C=C/c2ccccc2)CC1)c1cccs1. The Morgan fingerprint density at radius 3 is 2.44 bits per heavy atom. The van der Waals surface area contributed by atoms with Gasteiger partial charge in [-0.3, -0.25) is 14.5 Å². The quantitative estimate of drug-likeness (QED) is 0.649. The molecule has 1 aliphatic rings. The van der Waals surface area contributed by atoms with E-state index in [0.29, 0.717) is 19.3 Å². The maximum Gasteiger partial charge on any atom is 0.222 e. The smallest absolute Gasteiger partial charge is 0.222 e. The molecule has 1 saturated heterocycles. The summed E-state index contributed by atoms with van der Waals surface area (Å²) in [5.41, 5.74) is 1.21. The van der Waals surface area contributed by atoms with Gasteiger partial charge in [0, 0.05) is 45.6 Å². The molecule has 4 nitrogen and oxygen atoms in total. The van der Waals surface area contributed by atoms with Crippen molar-refractivity contribution in [3.05, 3.63) is 64.4 Å². The van der Waals surface area contributed by atoms with Gasteiger partial charge < -0.3 is 4.90 Å². The Labute approximate surface area is 165 Å². The molecule has 0 spiro atoms. The topological polar surface area (TPSA) is 40.6 Å². The average molecular weight is 383 g/mol. The summed E-state index contributed by atoms with van der Waals surface area (Å²) < 4.78 is 0. The van der Waals surface area contributed by atoms with Crippen molar-refractivity contribution in [3.63, 3.8) is 0 Å². The molecule has 2 aromatic rings. The number of benzene rings is 1. The summed E-state index contributed by atoms with van der Waals surface area (Å²) in [4.78, 5) is 29.4. The second kappa shape index (κ2) is 10.2. The van der Waals surface area contributed by atoms with Gasteiger partial charge >= 0.3 is 0 Å². The van der Waals surface area contributed by atoms with Crippen LogP contribution in [0.15, 0.2) is 53.9 Å². The Balaban J connectivity index is 1.33. The van der Waals surface area contributed by atoms with Crippen LogP contribution < -0.4 is 0 Å². The molecule has 2 heterocycles. The van der Waals surface area contributed by atoms with Crippen LogP contribution in [0.3, 0.4) is 0 Å². The number of carbonyl (C=O) groups is 2. The van der Waals surface area contributed by atoms with E-state index in [-0.39, 0.29) is 11.7 Å². The van der Waals surface area contributed by atoms with Crippen molar-refractivity contribution < 1.29 is 9.59 Å². The Morgan fingerprint density at radius 1 is 0.963 bits per heavy atom. The minimum Gasteiger partial charge on any atom is -0.340 e. The molecule has 0 radical (unpaired) electrons. The standard InChI is InChI=1S/C22H26N2O2S/c25-20(21-11-6-18-27-21)10-4-12-22(26)24-16-14-23(15-17-24)13-5-9-19-7-2-1-3-8-19/h1-3,5-9,11,18H,4,10,12-17H2/b9-5+. The third-order valence-corrected chi connectivity index (χ3v) is 5.70. The molecule has 0 saturated carbocycles. The number of piperazine rings is 1. The Morgan fingerprint density at radius 2 is 1.74 bits per heavy atom. The molecule has 3 rings (SSSR count). The summed E-state index contributed by atoms with van der Waals surface area (Å²) in [5, 5.41) is 1.91. The molecule has 1 fully saturated rings. The molecule has 27 heavy (non-hydrogen) atoms. The number of amides is 1. The van der Waals surface area contributed by atoms with E-state index in [9.17, 15) is 9.59 Å². The molecule has 0 atom stereocenters. The van der Waals surface area contributed by atoms with Crippen LogP contribution in [0.5, 0.6) is 0 Å². The number of rotatable bonds is 8. The van der Waals surface area contributed by atoms with E-state index in [1.165, 1.54) is 16.9 Å². The minimum atomic E-state index is 0.146. The largest absolute Gasteiger partial charge is 0.340 e. The number of Topliss-reactive ketones (excluding diaryl/α,β-unsaturated/α-hetero) is 1. The first-order valence-electron chi connectivity index (χ1n) is 9.51. The lowest BCUT2D eigenvalue weighted by Crippen LogP contribution is -2.48. The van der Waals surface area contributed by atoms with Gasteiger partial charge in [-0.2, -0.15) is 0 Å². The minimum absolute atomic E-state index is 0.146. The first kappa shape index (κ1) is 19.5. The van der Waals surface area contributed by atoms with Crippen LogP contribution >= 0.6 is 11.3 Å². The number of carbonyl (C=O) groups excluding carboxylic acids is 2. The maximum atomic E-state index is 12.4. The van der Waals surface area contributed by atoms with Gasteiger partial charge in [-0.1, -0.05) is 48.6 Å². The molecule has 1 aromatic carbocycles. The summed E-state index contributed by atoms with van der Waals surface area (Å²) in [6.07, 6.45) is 5.88. The second-order valence-electron chi connectivity index (χ2n) is 6.75. The van der Waals surface area contributed by atoms with Crippen molar-refractivity contribution in [1.82, 2.24) is 9.80 Å². The molecule has 0 bridgehead atoms. The predicted molar refractivity (Wildman–Crippen MR) is 111 cm³/mol. The molecule has 5 heteroatoms. The fourth-order valence-corrected chi connectivity index (χ4v) is 3.89. The molecule has 142 valence electrons. The molecule has 1 aliphatic heterocycles. The van der Waals surface area contributed by atoms with Gasteiger partial charge in [0.2, 0.25) is 5.91 Å². The lowest BCUT2D eigenvalue weighted by atomic mass is 10.1. The van der Waals surface area contributed by atoms with Crippen molar-refractivity contribution >= 4 is 29.1 Å².